The standard InChI is InChI=1S/C17H13N5O3S2/c18-11-12(10-14-2-1-7-19-14)16(23)21-13-3-5-15(6-4-13)27(24,25)22-17-20-8-9-26-17/h1-10,19H,(H,20,22)(H,21,23). The molecule has 1 amide bonds. The minimum Gasteiger partial charge on any atom is -0.362 e. The molecule has 0 aliphatic carbocycles. The van der Waals surface area contributed by atoms with Crippen molar-refractivity contribution in [2.45, 2.75) is 4.90 Å². The van der Waals surface area contributed by atoms with Crippen molar-refractivity contribution in [3.63, 3.8) is 0 Å². The molecular formula is C17H13N5O3S2. The van der Waals surface area contributed by atoms with Crippen molar-refractivity contribution in [1.82, 2.24) is 9.97 Å². The monoisotopic (exact) mass is 399 g/mol. The summed E-state index contributed by atoms with van der Waals surface area (Å²) in [5.41, 5.74) is 0.900. The van der Waals surface area contributed by atoms with Crippen LogP contribution in [0, 0.1) is 11.3 Å². The molecule has 0 bridgehead atoms. The number of hydrogen-bond donors (Lipinski definition) is 3. The molecule has 0 fully saturated rings. The molecule has 0 aliphatic rings. The third kappa shape index (κ3) is 4.60. The van der Waals surface area contributed by atoms with Gasteiger partial charge in [-0.25, -0.2) is 13.4 Å². The molecule has 0 aliphatic heterocycles. The van der Waals surface area contributed by atoms with Crippen molar-refractivity contribution < 1.29 is 13.2 Å². The molecule has 3 aromatic rings. The zero-order valence-electron chi connectivity index (χ0n) is 13.7. The van der Waals surface area contributed by atoms with Crippen molar-refractivity contribution in [3.05, 3.63) is 65.4 Å². The third-order valence-electron chi connectivity index (χ3n) is 3.36. The Bertz CT molecular complexity index is 1090. The van der Waals surface area contributed by atoms with Gasteiger partial charge in [0.2, 0.25) is 0 Å². The van der Waals surface area contributed by atoms with Crippen LogP contribution >= 0.6 is 11.3 Å². The first-order valence-electron chi connectivity index (χ1n) is 7.57. The van der Waals surface area contributed by atoms with Crippen molar-refractivity contribution in [2.24, 2.45) is 0 Å². The van der Waals surface area contributed by atoms with Gasteiger partial charge in [0.25, 0.3) is 15.9 Å². The van der Waals surface area contributed by atoms with E-state index < -0.39 is 15.9 Å². The number of nitrogens with one attached hydrogen (secondary N) is 3. The second-order valence-electron chi connectivity index (χ2n) is 5.22. The van der Waals surface area contributed by atoms with Crippen LogP contribution in [0.2, 0.25) is 0 Å². The smallest absolute Gasteiger partial charge is 0.266 e. The molecule has 1 aromatic carbocycles. The summed E-state index contributed by atoms with van der Waals surface area (Å²) < 4.78 is 26.9. The normalized spacial score (nSPS) is 11.6. The van der Waals surface area contributed by atoms with Gasteiger partial charge in [0, 0.05) is 29.2 Å². The highest BCUT2D eigenvalue weighted by atomic mass is 32.2. The van der Waals surface area contributed by atoms with E-state index in [4.69, 9.17) is 5.26 Å². The van der Waals surface area contributed by atoms with Crippen LogP contribution in [0.1, 0.15) is 5.69 Å². The van der Waals surface area contributed by atoms with E-state index in [0.717, 1.165) is 0 Å². The fraction of sp³-hybridized carbons (Fsp3) is 0. The number of nitrogens with zero attached hydrogens (tertiary/aromatic N) is 2. The maximum absolute atomic E-state index is 12.3. The van der Waals surface area contributed by atoms with Crippen LogP contribution in [0.15, 0.2) is 64.6 Å². The molecule has 0 radical (unpaired) electrons. The lowest BCUT2D eigenvalue weighted by atomic mass is 10.2. The van der Waals surface area contributed by atoms with Crippen LogP contribution in [0.5, 0.6) is 0 Å². The summed E-state index contributed by atoms with van der Waals surface area (Å²) in [4.78, 5) is 19.0. The van der Waals surface area contributed by atoms with Gasteiger partial charge in [0.05, 0.1) is 4.90 Å². The number of sulfonamides is 1. The first-order chi connectivity index (χ1) is 13.0. The molecule has 27 heavy (non-hydrogen) atoms. The Hall–Kier alpha value is -3.42. The van der Waals surface area contributed by atoms with Crippen molar-refractivity contribution in [1.29, 1.82) is 5.26 Å². The highest BCUT2D eigenvalue weighted by Crippen LogP contribution is 2.20. The molecule has 0 saturated heterocycles. The Kier molecular flexibility index (Phi) is 5.35. The van der Waals surface area contributed by atoms with Crippen LogP contribution < -0.4 is 10.0 Å². The number of rotatable bonds is 6. The molecule has 2 heterocycles. The first-order valence-corrected chi connectivity index (χ1v) is 9.93. The Morgan fingerprint density at radius 1 is 1.26 bits per heavy atom. The molecule has 0 unspecified atom stereocenters. The second kappa shape index (κ2) is 7.86. The lowest BCUT2D eigenvalue weighted by molar-refractivity contribution is -0.112. The van der Waals surface area contributed by atoms with E-state index in [1.165, 1.54) is 47.9 Å². The van der Waals surface area contributed by atoms with Gasteiger partial charge >= 0.3 is 0 Å². The van der Waals surface area contributed by atoms with Crippen LogP contribution in [0.4, 0.5) is 10.8 Å². The van der Waals surface area contributed by atoms with Gasteiger partial charge in [-0.05, 0) is 42.5 Å². The van der Waals surface area contributed by atoms with E-state index in [-0.39, 0.29) is 15.6 Å². The molecular weight excluding hydrogens is 386 g/mol. The van der Waals surface area contributed by atoms with Crippen LogP contribution in [-0.2, 0) is 14.8 Å². The lowest BCUT2D eigenvalue weighted by Gasteiger charge is -2.07. The average molecular weight is 399 g/mol. The molecule has 0 spiro atoms. The number of H-pyrrole nitrogens is 1. The molecule has 3 rings (SSSR count). The molecule has 2 aromatic heterocycles. The van der Waals surface area contributed by atoms with E-state index in [2.05, 4.69) is 20.0 Å². The Morgan fingerprint density at radius 3 is 2.63 bits per heavy atom. The largest absolute Gasteiger partial charge is 0.362 e. The SMILES string of the molecule is N#CC(=Cc1ccc[nH]1)C(=O)Nc1ccc(S(=O)(=O)Nc2nccs2)cc1. The number of aromatic nitrogens is 2. The number of hydrogen-bond acceptors (Lipinski definition) is 6. The van der Waals surface area contributed by atoms with E-state index >= 15 is 0 Å². The number of benzene rings is 1. The number of carbonyl (C=O) groups is 1. The molecule has 10 heteroatoms. The van der Waals surface area contributed by atoms with Gasteiger partial charge < -0.3 is 10.3 Å². The first kappa shape index (κ1) is 18.4. The van der Waals surface area contributed by atoms with Gasteiger partial charge in [-0.1, -0.05) is 0 Å². The maximum atomic E-state index is 12.3. The summed E-state index contributed by atoms with van der Waals surface area (Å²) in [6, 6.07) is 10.9. The summed E-state index contributed by atoms with van der Waals surface area (Å²) >= 11 is 1.17. The number of carbonyl (C=O) groups excluding carboxylic acids is 1. The Balaban J connectivity index is 1.72. The van der Waals surface area contributed by atoms with Crippen molar-refractivity contribution in [3.8, 4) is 6.07 Å². The van der Waals surface area contributed by atoms with E-state index in [1.807, 2.05) is 6.07 Å². The van der Waals surface area contributed by atoms with Crippen LogP contribution in [-0.4, -0.2) is 24.3 Å². The molecule has 136 valence electrons. The van der Waals surface area contributed by atoms with E-state index in [9.17, 15) is 13.2 Å². The quantitative estimate of drug-likeness (QED) is 0.434. The van der Waals surface area contributed by atoms with Gasteiger partial charge in [0.15, 0.2) is 5.13 Å². The van der Waals surface area contributed by atoms with Crippen LogP contribution in [0.25, 0.3) is 6.08 Å². The highest BCUT2D eigenvalue weighted by molar-refractivity contribution is 7.93. The number of amides is 1. The van der Waals surface area contributed by atoms with Gasteiger partial charge in [-0.3, -0.25) is 9.52 Å². The van der Waals surface area contributed by atoms with Gasteiger partial charge in [-0.15, -0.1) is 11.3 Å². The molecule has 0 atom stereocenters. The summed E-state index contributed by atoms with van der Waals surface area (Å²) in [6.07, 6.45) is 4.60. The summed E-state index contributed by atoms with van der Waals surface area (Å²) in [7, 11) is -3.77. The number of thiazole rings is 1. The Labute approximate surface area is 159 Å². The third-order valence-corrected chi connectivity index (χ3v) is 5.54. The summed E-state index contributed by atoms with van der Waals surface area (Å²) in [6.45, 7) is 0. The second-order valence-corrected chi connectivity index (χ2v) is 7.79. The summed E-state index contributed by atoms with van der Waals surface area (Å²) in [5, 5.41) is 13.6. The molecule has 8 nitrogen and oxygen atoms in total. The number of aromatic amines is 1. The topological polar surface area (TPSA) is 128 Å². The average Bonchev–Trinajstić information content (AvgIpc) is 3.33. The van der Waals surface area contributed by atoms with E-state index in [0.29, 0.717) is 11.4 Å². The Morgan fingerprint density at radius 2 is 2.04 bits per heavy atom. The van der Waals surface area contributed by atoms with Crippen molar-refractivity contribution >= 4 is 44.2 Å². The predicted octanol–water partition coefficient (Wildman–Crippen LogP) is 2.82. The van der Waals surface area contributed by atoms with Crippen molar-refractivity contribution in [2.75, 3.05) is 10.0 Å². The number of anilines is 2. The zero-order valence-corrected chi connectivity index (χ0v) is 15.3. The maximum Gasteiger partial charge on any atom is 0.266 e. The molecule has 0 saturated carbocycles. The van der Waals surface area contributed by atoms with Crippen LogP contribution in [0.3, 0.4) is 0 Å². The lowest BCUT2D eigenvalue weighted by Crippen LogP contribution is -2.15. The summed E-state index contributed by atoms with van der Waals surface area (Å²) in [5.74, 6) is -0.594. The van der Waals surface area contributed by atoms with Gasteiger partial charge in [0.1, 0.15) is 11.6 Å². The predicted molar refractivity (Wildman–Crippen MR) is 102 cm³/mol. The number of nitriles is 1. The van der Waals surface area contributed by atoms with Gasteiger partial charge in [-0.2, -0.15) is 5.26 Å². The minimum absolute atomic E-state index is 0.0260. The zero-order chi connectivity index (χ0) is 19.3. The molecule has 3 N–H and O–H groups in total. The van der Waals surface area contributed by atoms with E-state index in [1.54, 1.807) is 23.7 Å². The minimum atomic E-state index is -3.77. The fourth-order valence-electron chi connectivity index (χ4n) is 2.10. The fourth-order valence-corrected chi connectivity index (χ4v) is 3.89. The highest BCUT2D eigenvalue weighted by Gasteiger charge is 2.16.